The molecule has 0 saturated carbocycles. The number of nitrogens with two attached hydrogens (primary N) is 1. The van der Waals surface area contributed by atoms with Gasteiger partial charge >= 0.3 is 5.69 Å². The maximum absolute atomic E-state index is 14.3. The van der Waals surface area contributed by atoms with Gasteiger partial charge in [0.05, 0.1) is 31.6 Å². The zero-order valence-corrected chi connectivity index (χ0v) is 18.4. The average Bonchev–Trinajstić information content (AvgIpc) is 3.18. The average molecular weight is 470 g/mol. The van der Waals surface area contributed by atoms with Crippen molar-refractivity contribution in [3.63, 3.8) is 0 Å². The standard InChI is InChI=1S/C21H25ClFN3O6/c1-11(2)18(24)20(29)26-19(28)14(23)8-25(21(26)30)17-7-15(16(9-27)32-17)31-10-12-3-5-13(22)6-4-12/h3-6,8,11,15-18,27H,7,9-10,24H2,1-2H3/t15-,16+,17+,18+/m0/s1. The zero-order valence-electron chi connectivity index (χ0n) is 17.6. The van der Waals surface area contributed by atoms with Crippen molar-refractivity contribution in [2.24, 2.45) is 11.7 Å². The number of nitrogens with zero attached hydrogens (tertiary/aromatic N) is 2. The number of hydrogen-bond donors (Lipinski definition) is 2. The van der Waals surface area contributed by atoms with Crippen LogP contribution in [0.1, 0.15) is 36.9 Å². The van der Waals surface area contributed by atoms with Gasteiger partial charge in [-0.15, -0.1) is 0 Å². The van der Waals surface area contributed by atoms with E-state index in [-0.39, 0.29) is 23.5 Å². The summed E-state index contributed by atoms with van der Waals surface area (Å²) in [4.78, 5) is 37.6. The Morgan fingerprint density at radius 3 is 2.59 bits per heavy atom. The first-order chi connectivity index (χ1) is 15.1. The Hall–Kier alpha value is -2.37. The topological polar surface area (TPSA) is 126 Å². The summed E-state index contributed by atoms with van der Waals surface area (Å²) in [6.07, 6.45) is -1.70. The van der Waals surface area contributed by atoms with Gasteiger partial charge in [0.25, 0.3) is 11.5 Å². The van der Waals surface area contributed by atoms with Crippen molar-refractivity contribution in [1.82, 2.24) is 9.13 Å². The molecule has 4 atom stereocenters. The van der Waals surface area contributed by atoms with Gasteiger partial charge in [-0.25, -0.2) is 4.79 Å². The van der Waals surface area contributed by atoms with E-state index in [4.69, 9.17) is 26.8 Å². The Morgan fingerprint density at radius 2 is 2.00 bits per heavy atom. The number of benzene rings is 1. The van der Waals surface area contributed by atoms with Gasteiger partial charge in [0.1, 0.15) is 12.3 Å². The van der Waals surface area contributed by atoms with Crippen molar-refractivity contribution in [3.05, 3.63) is 67.7 Å². The summed E-state index contributed by atoms with van der Waals surface area (Å²) in [6, 6.07) is 5.82. The second kappa shape index (κ2) is 10.1. The molecule has 3 rings (SSSR count). The van der Waals surface area contributed by atoms with Crippen LogP contribution in [0.5, 0.6) is 0 Å². The molecule has 0 spiro atoms. The summed E-state index contributed by atoms with van der Waals surface area (Å²) in [7, 11) is 0. The van der Waals surface area contributed by atoms with Crippen molar-refractivity contribution in [2.45, 2.75) is 51.4 Å². The van der Waals surface area contributed by atoms with E-state index in [1.54, 1.807) is 38.1 Å². The minimum absolute atomic E-state index is 0.0841. The van der Waals surface area contributed by atoms with E-state index in [1.807, 2.05) is 0 Å². The van der Waals surface area contributed by atoms with Gasteiger partial charge in [-0.05, 0) is 23.6 Å². The highest BCUT2D eigenvalue weighted by atomic mass is 35.5. The van der Waals surface area contributed by atoms with E-state index < -0.39 is 54.1 Å². The molecule has 1 aliphatic heterocycles. The Balaban J connectivity index is 1.86. The highest BCUT2D eigenvalue weighted by Crippen LogP contribution is 2.30. The van der Waals surface area contributed by atoms with Gasteiger partial charge in [-0.1, -0.05) is 37.6 Å². The van der Waals surface area contributed by atoms with Crippen molar-refractivity contribution >= 4 is 17.5 Å². The molecule has 1 saturated heterocycles. The van der Waals surface area contributed by atoms with E-state index in [0.717, 1.165) is 10.1 Å². The van der Waals surface area contributed by atoms with Crippen molar-refractivity contribution in [3.8, 4) is 0 Å². The van der Waals surface area contributed by atoms with E-state index in [1.165, 1.54) is 0 Å². The third-order valence-electron chi connectivity index (χ3n) is 5.34. The van der Waals surface area contributed by atoms with Crippen LogP contribution >= 0.6 is 11.6 Å². The third kappa shape index (κ3) is 5.00. The van der Waals surface area contributed by atoms with Crippen LogP contribution < -0.4 is 17.0 Å². The minimum Gasteiger partial charge on any atom is -0.394 e. The highest BCUT2D eigenvalue weighted by molar-refractivity contribution is 6.30. The van der Waals surface area contributed by atoms with Gasteiger partial charge in [0.15, 0.2) is 0 Å². The molecule has 0 aliphatic carbocycles. The van der Waals surface area contributed by atoms with Gasteiger partial charge in [-0.3, -0.25) is 14.2 Å². The van der Waals surface area contributed by atoms with E-state index in [9.17, 15) is 23.9 Å². The molecule has 1 aliphatic rings. The number of rotatable bonds is 7. The molecule has 0 bridgehead atoms. The first-order valence-corrected chi connectivity index (χ1v) is 10.5. The summed E-state index contributed by atoms with van der Waals surface area (Å²) >= 11 is 5.87. The third-order valence-corrected chi connectivity index (χ3v) is 5.60. The summed E-state index contributed by atoms with van der Waals surface area (Å²) in [5.74, 6) is -2.68. The maximum atomic E-state index is 14.3. The van der Waals surface area contributed by atoms with Gasteiger partial charge in [0, 0.05) is 11.4 Å². The fourth-order valence-corrected chi connectivity index (χ4v) is 3.50. The second-order valence-corrected chi connectivity index (χ2v) is 8.38. The van der Waals surface area contributed by atoms with Crippen LogP contribution in [-0.2, 0) is 16.1 Å². The van der Waals surface area contributed by atoms with Crippen molar-refractivity contribution < 1.29 is 23.8 Å². The van der Waals surface area contributed by atoms with E-state index >= 15 is 0 Å². The molecule has 1 fully saturated rings. The summed E-state index contributed by atoms with van der Waals surface area (Å²) in [5.41, 5.74) is 4.17. The normalized spacial score (nSPS) is 21.8. The molecular weight excluding hydrogens is 445 g/mol. The molecule has 32 heavy (non-hydrogen) atoms. The quantitative estimate of drug-likeness (QED) is 0.625. The van der Waals surface area contributed by atoms with Crippen molar-refractivity contribution in [2.75, 3.05) is 6.61 Å². The summed E-state index contributed by atoms with van der Waals surface area (Å²) in [5, 5.41) is 10.2. The van der Waals surface area contributed by atoms with Crippen molar-refractivity contribution in [1.29, 1.82) is 0 Å². The number of carbonyl (C=O) groups is 1. The second-order valence-electron chi connectivity index (χ2n) is 7.94. The largest absolute Gasteiger partial charge is 0.394 e. The van der Waals surface area contributed by atoms with E-state index in [2.05, 4.69) is 0 Å². The molecule has 1 aromatic carbocycles. The van der Waals surface area contributed by atoms with Gasteiger partial charge < -0.3 is 20.3 Å². The number of hydrogen-bond acceptors (Lipinski definition) is 7. The molecule has 3 N–H and O–H groups in total. The zero-order chi connectivity index (χ0) is 23.6. The molecule has 2 aromatic rings. The molecule has 0 radical (unpaired) electrons. The fraction of sp³-hybridized carbons (Fsp3) is 0.476. The first-order valence-electron chi connectivity index (χ1n) is 10.1. The predicted octanol–water partition coefficient (Wildman–Crippen LogP) is 1.29. The monoisotopic (exact) mass is 469 g/mol. The number of aliphatic hydroxyl groups is 1. The molecule has 0 unspecified atom stereocenters. The van der Waals surface area contributed by atoms with E-state index in [0.29, 0.717) is 11.2 Å². The highest BCUT2D eigenvalue weighted by Gasteiger charge is 2.38. The number of carbonyl (C=O) groups excluding carboxylic acids is 1. The smallest absolute Gasteiger partial charge is 0.340 e. The number of ether oxygens (including phenoxy) is 2. The minimum atomic E-state index is -1.38. The van der Waals surface area contributed by atoms with Gasteiger partial charge in [0.2, 0.25) is 5.82 Å². The van der Waals surface area contributed by atoms with Crippen LogP contribution in [0.15, 0.2) is 40.1 Å². The maximum Gasteiger partial charge on any atom is 0.340 e. The van der Waals surface area contributed by atoms with Crippen LogP contribution in [0.3, 0.4) is 0 Å². The lowest BCUT2D eigenvalue weighted by Crippen LogP contribution is -2.52. The molecule has 174 valence electrons. The molecule has 0 amide bonds. The number of aliphatic hydroxyl groups excluding tert-OH is 1. The molecule has 1 aromatic heterocycles. The lowest BCUT2D eigenvalue weighted by atomic mass is 10.1. The number of aromatic nitrogens is 2. The summed E-state index contributed by atoms with van der Waals surface area (Å²) in [6.45, 7) is 3.06. The Bertz CT molecular complexity index is 1080. The van der Waals surface area contributed by atoms with Crippen LogP contribution in [0.4, 0.5) is 4.39 Å². The Labute approximate surface area is 188 Å². The van der Waals surface area contributed by atoms with Crippen LogP contribution in [0.2, 0.25) is 5.02 Å². The Kier molecular flexibility index (Phi) is 7.63. The van der Waals surface area contributed by atoms with Crippen LogP contribution in [0, 0.1) is 11.7 Å². The molecule has 9 nitrogen and oxygen atoms in total. The lowest BCUT2D eigenvalue weighted by molar-refractivity contribution is -0.0661. The molecule has 2 heterocycles. The molecule has 11 heteroatoms. The molecular formula is C21H25ClFN3O6. The predicted molar refractivity (Wildman–Crippen MR) is 114 cm³/mol. The van der Waals surface area contributed by atoms with Gasteiger partial charge in [-0.2, -0.15) is 8.96 Å². The van der Waals surface area contributed by atoms with Crippen LogP contribution in [0.25, 0.3) is 0 Å². The Morgan fingerprint density at radius 1 is 1.34 bits per heavy atom. The first kappa shape index (κ1) is 24.3. The SMILES string of the molecule is CC(C)[C@@H](N)C(=O)n1c(=O)c(F)cn([C@H]2C[C@H](OCc3ccc(Cl)cc3)[C@@H](CO)O2)c1=O. The summed E-state index contributed by atoms with van der Waals surface area (Å²) < 4.78 is 26.9. The number of halogens is 2. The lowest BCUT2D eigenvalue weighted by Gasteiger charge is -2.18. The fourth-order valence-electron chi connectivity index (χ4n) is 3.37. The van der Waals surface area contributed by atoms with Crippen LogP contribution in [-0.4, -0.2) is 45.0 Å².